The number of carbonyl (C=O) groups is 1. The van der Waals surface area contributed by atoms with Gasteiger partial charge in [-0.2, -0.15) is 0 Å². The van der Waals surface area contributed by atoms with Crippen LogP contribution in [0.4, 0.5) is 4.39 Å². The summed E-state index contributed by atoms with van der Waals surface area (Å²) in [6, 6.07) is 11.6. The molecular weight excluding hydrogens is 327 g/mol. The first kappa shape index (κ1) is 14.5. The third-order valence-electron chi connectivity index (χ3n) is 2.67. The smallest absolute Gasteiger partial charge is 0.307 e. The zero-order valence-electron chi connectivity index (χ0n) is 10.5. The van der Waals surface area contributed by atoms with Crippen LogP contribution in [0.2, 0.25) is 0 Å². The zero-order valence-corrected chi connectivity index (χ0v) is 12.1. The van der Waals surface area contributed by atoms with Crippen molar-refractivity contribution in [3.8, 4) is 5.75 Å². The minimum absolute atomic E-state index is 0.0114. The van der Waals surface area contributed by atoms with E-state index in [1.54, 1.807) is 36.4 Å². The van der Waals surface area contributed by atoms with E-state index in [4.69, 9.17) is 9.84 Å². The molecule has 0 saturated heterocycles. The van der Waals surface area contributed by atoms with Gasteiger partial charge in [-0.05, 0) is 29.3 Å². The van der Waals surface area contributed by atoms with Gasteiger partial charge in [0.05, 0.1) is 6.42 Å². The number of carboxylic acid groups (broad SMARTS) is 1. The van der Waals surface area contributed by atoms with Crippen molar-refractivity contribution in [3.05, 3.63) is 63.9 Å². The maximum Gasteiger partial charge on any atom is 0.307 e. The summed E-state index contributed by atoms with van der Waals surface area (Å²) in [5.41, 5.74) is 1.57. The average molecular weight is 339 g/mol. The summed E-state index contributed by atoms with van der Waals surface area (Å²) in [5.74, 6) is -1.12. The molecule has 0 fully saturated rings. The van der Waals surface area contributed by atoms with Gasteiger partial charge in [-0.1, -0.05) is 40.2 Å². The third kappa shape index (κ3) is 4.06. The molecule has 0 saturated carbocycles. The number of benzene rings is 2. The first-order chi connectivity index (χ1) is 9.54. The monoisotopic (exact) mass is 338 g/mol. The van der Waals surface area contributed by atoms with Gasteiger partial charge in [0.15, 0.2) is 11.6 Å². The number of hydrogen-bond donors (Lipinski definition) is 1. The number of rotatable bonds is 5. The van der Waals surface area contributed by atoms with E-state index in [0.29, 0.717) is 4.47 Å². The second-order valence-electron chi connectivity index (χ2n) is 4.25. The lowest BCUT2D eigenvalue weighted by Gasteiger charge is -2.08. The summed E-state index contributed by atoms with van der Waals surface area (Å²) < 4.78 is 19.6. The molecule has 2 aromatic carbocycles. The van der Waals surface area contributed by atoms with Crippen molar-refractivity contribution < 1.29 is 19.0 Å². The molecule has 20 heavy (non-hydrogen) atoms. The predicted octanol–water partition coefficient (Wildman–Crippen LogP) is 3.79. The van der Waals surface area contributed by atoms with E-state index in [1.165, 1.54) is 6.07 Å². The molecule has 0 aliphatic heterocycles. The summed E-state index contributed by atoms with van der Waals surface area (Å²) in [5, 5.41) is 8.67. The van der Waals surface area contributed by atoms with Crippen LogP contribution in [0.1, 0.15) is 11.1 Å². The fourth-order valence-electron chi connectivity index (χ4n) is 1.68. The molecule has 0 spiro atoms. The van der Waals surface area contributed by atoms with E-state index in [2.05, 4.69) is 15.9 Å². The van der Waals surface area contributed by atoms with Crippen molar-refractivity contribution >= 4 is 21.9 Å². The Morgan fingerprint density at radius 1 is 1.15 bits per heavy atom. The van der Waals surface area contributed by atoms with Crippen LogP contribution in [0.25, 0.3) is 0 Å². The maximum atomic E-state index is 13.5. The van der Waals surface area contributed by atoms with Gasteiger partial charge >= 0.3 is 5.97 Å². The van der Waals surface area contributed by atoms with Crippen LogP contribution in [0.5, 0.6) is 5.75 Å². The fraction of sp³-hybridized carbons (Fsp3) is 0.133. The molecule has 104 valence electrons. The van der Waals surface area contributed by atoms with Gasteiger partial charge in [0.1, 0.15) is 6.61 Å². The number of halogens is 2. The van der Waals surface area contributed by atoms with Crippen molar-refractivity contribution in [1.82, 2.24) is 0 Å². The number of ether oxygens (including phenoxy) is 1. The highest BCUT2D eigenvalue weighted by Crippen LogP contribution is 2.22. The molecular formula is C15H12BrFO3. The molecule has 0 unspecified atom stereocenters. The van der Waals surface area contributed by atoms with E-state index >= 15 is 0 Å². The van der Waals surface area contributed by atoms with Crippen molar-refractivity contribution in [1.29, 1.82) is 0 Å². The highest BCUT2D eigenvalue weighted by Gasteiger charge is 2.05. The van der Waals surface area contributed by atoms with Gasteiger partial charge in [-0.25, -0.2) is 4.39 Å². The molecule has 0 radical (unpaired) electrons. The van der Waals surface area contributed by atoms with Gasteiger partial charge in [-0.15, -0.1) is 0 Å². The topological polar surface area (TPSA) is 46.5 Å². The first-order valence-corrected chi connectivity index (χ1v) is 6.71. The Bertz CT molecular complexity index is 611. The van der Waals surface area contributed by atoms with E-state index in [1.807, 2.05) is 0 Å². The van der Waals surface area contributed by atoms with E-state index in [9.17, 15) is 9.18 Å². The van der Waals surface area contributed by atoms with Crippen molar-refractivity contribution in [3.63, 3.8) is 0 Å². The number of hydrogen-bond acceptors (Lipinski definition) is 2. The minimum Gasteiger partial charge on any atom is -0.486 e. The zero-order chi connectivity index (χ0) is 14.5. The van der Waals surface area contributed by atoms with Gasteiger partial charge in [-0.3, -0.25) is 4.79 Å². The standard InChI is InChI=1S/C15H12BrFO3/c16-12-5-6-14(13(17)8-12)20-9-11-3-1-10(2-4-11)7-15(18)19/h1-6,8H,7,9H2,(H,18,19). The lowest BCUT2D eigenvalue weighted by molar-refractivity contribution is -0.136. The highest BCUT2D eigenvalue weighted by atomic mass is 79.9. The number of aliphatic carboxylic acids is 1. The fourth-order valence-corrected chi connectivity index (χ4v) is 2.01. The SMILES string of the molecule is O=C(O)Cc1ccc(COc2ccc(Br)cc2F)cc1. The van der Waals surface area contributed by atoms with Crippen molar-refractivity contribution in [2.24, 2.45) is 0 Å². The van der Waals surface area contributed by atoms with Crippen LogP contribution >= 0.6 is 15.9 Å². The number of carboxylic acids is 1. The molecule has 2 aromatic rings. The summed E-state index contributed by atoms with van der Waals surface area (Å²) in [7, 11) is 0. The van der Waals surface area contributed by atoms with Crippen LogP contribution in [0.15, 0.2) is 46.9 Å². The molecule has 1 N–H and O–H groups in total. The largest absolute Gasteiger partial charge is 0.486 e. The molecule has 0 aromatic heterocycles. The van der Waals surface area contributed by atoms with Crippen molar-refractivity contribution in [2.75, 3.05) is 0 Å². The lowest BCUT2D eigenvalue weighted by atomic mass is 10.1. The van der Waals surface area contributed by atoms with Gasteiger partial charge in [0, 0.05) is 4.47 Å². The predicted molar refractivity (Wildman–Crippen MR) is 76.2 cm³/mol. The average Bonchev–Trinajstić information content (AvgIpc) is 2.39. The quantitative estimate of drug-likeness (QED) is 0.901. The molecule has 0 aliphatic rings. The van der Waals surface area contributed by atoms with Crippen LogP contribution in [-0.4, -0.2) is 11.1 Å². The highest BCUT2D eigenvalue weighted by molar-refractivity contribution is 9.10. The van der Waals surface area contributed by atoms with Gasteiger partial charge < -0.3 is 9.84 Å². The Kier molecular flexibility index (Phi) is 4.74. The van der Waals surface area contributed by atoms with Gasteiger partial charge in [0.25, 0.3) is 0 Å². The lowest BCUT2D eigenvalue weighted by Crippen LogP contribution is -2.01. The summed E-state index contributed by atoms with van der Waals surface area (Å²) in [4.78, 5) is 10.6. The first-order valence-electron chi connectivity index (χ1n) is 5.92. The Labute approximate surface area is 124 Å². The molecule has 0 bridgehead atoms. The normalized spacial score (nSPS) is 10.3. The summed E-state index contributed by atoms with van der Waals surface area (Å²) >= 11 is 3.18. The van der Waals surface area contributed by atoms with E-state index < -0.39 is 11.8 Å². The van der Waals surface area contributed by atoms with Crippen LogP contribution in [0, 0.1) is 5.82 Å². The van der Waals surface area contributed by atoms with Crippen LogP contribution in [-0.2, 0) is 17.8 Å². The molecule has 0 atom stereocenters. The Morgan fingerprint density at radius 2 is 1.80 bits per heavy atom. The molecule has 0 aliphatic carbocycles. The Hall–Kier alpha value is -1.88. The van der Waals surface area contributed by atoms with Crippen LogP contribution < -0.4 is 4.74 Å². The Morgan fingerprint density at radius 3 is 2.40 bits per heavy atom. The molecule has 0 heterocycles. The maximum absolute atomic E-state index is 13.5. The second-order valence-corrected chi connectivity index (χ2v) is 5.17. The summed E-state index contributed by atoms with van der Waals surface area (Å²) in [6.45, 7) is 0.228. The minimum atomic E-state index is -0.870. The van der Waals surface area contributed by atoms with E-state index in [0.717, 1.165) is 11.1 Å². The van der Waals surface area contributed by atoms with Crippen LogP contribution in [0.3, 0.4) is 0 Å². The van der Waals surface area contributed by atoms with Crippen molar-refractivity contribution in [2.45, 2.75) is 13.0 Å². The second kappa shape index (κ2) is 6.52. The Balaban J connectivity index is 1.98. The van der Waals surface area contributed by atoms with Gasteiger partial charge in [0.2, 0.25) is 0 Å². The molecule has 2 rings (SSSR count). The molecule has 5 heteroatoms. The molecule has 0 amide bonds. The molecule has 3 nitrogen and oxygen atoms in total. The summed E-state index contributed by atoms with van der Waals surface area (Å²) in [6.07, 6.45) is -0.0114. The third-order valence-corrected chi connectivity index (χ3v) is 3.16. The van der Waals surface area contributed by atoms with E-state index in [-0.39, 0.29) is 18.8 Å².